The lowest BCUT2D eigenvalue weighted by Crippen LogP contribution is -2.26. The molecule has 1 aromatic rings. The molecule has 1 atom stereocenters. The summed E-state index contributed by atoms with van der Waals surface area (Å²) in [7, 11) is 0. The van der Waals surface area contributed by atoms with Gasteiger partial charge in [-0.1, -0.05) is 40.0 Å². The van der Waals surface area contributed by atoms with Gasteiger partial charge in [-0.2, -0.15) is 5.26 Å². The van der Waals surface area contributed by atoms with E-state index in [9.17, 15) is 10.1 Å². The average Bonchev–Trinajstić information content (AvgIpc) is 2.90. The molecule has 1 amide bonds. The van der Waals surface area contributed by atoms with Gasteiger partial charge in [0.2, 0.25) is 5.91 Å². The minimum absolute atomic E-state index is 0.122. The fraction of sp³-hybridized carbons (Fsp3) is 0.700. The standard InChI is InChI=1S/C20H28N2OS/c1-20(2,3)14-9-10-15-16(12-21)19(24-17(15)11-14)22-18(23)13-7-5-4-6-8-13/h13-14H,4-11H2,1-3H3,(H,22,23)/t14-/m0/s1. The van der Waals surface area contributed by atoms with Crippen LogP contribution in [0, 0.1) is 28.6 Å². The fourth-order valence-electron chi connectivity index (χ4n) is 4.11. The van der Waals surface area contributed by atoms with Gasteiger partial charge in [0, 0.05) is 10.8 Å². The van der Waals surface area contributed by atoms with Gasteiger partial charge >= 0.3 is 0 Å². The molecule has 0 spiro atoms. The first-order valence-electron chi connectivity index (χ1n) is 9.25. The Morgan fingerprint density at radius 3 is 2.54 bits per heavy atom. The molecule has 0 aromatic carbocycles. The molecule has 3 rings (SSSR count). The third kappa shape index (κ3) is 3.52. The van der Waals surface area contributed by atoms with Crippen LogP contribution in [0.2, 0.25) is 0 Å². The van der Waals surface area contributed by atoms with Gasteiger partial charge < -0.3 is 5.32 Å². The number of hydrogen-bond donors (Lipinski definition) is 1. The normalized spacial score (nSPS) is 21.8. The predicted octanol–water partition coefficient (Wildman–Crippen LogP) is 5.29. The van der Waals surface area contributed by atoms with E-state index in [1.165, 1.54) is 16.9 Å². The first-order chi connectivity index (χ1) is 11.4. The summed E-state index contributed by atoms with van der Waals surface area (Å²) in [5.74, 6) is 0.904. The number of nitriles is 1. The van der Waals surface area contributed by atoms with Gasteiger partial charge in [0.05, 0.1) is 5.56 Å². The lowest BCUT2D eigenvalue weighted by atomic mass is 9.72. The number of thiophene rings is 1. The molecular weight excluding hydrogens is 316 g/mol. The smallest absolute Gasteiger partial charge is 0.228 e. The summed E-state index contributed by atoms with van der Waals surface area (Å²) in [5, 5.41) is 13.5. The van der Waals surface area contributed by atoms with Crippen LogP contribution in [-0.4, -0.2) is 5.91 Å². The maximum absolute atomic E-state index is 12.6. The molecular formula is C20H28N2OS. The third-order valence-electron chi connectivity index (χ3n) is 5.81. The van der Waals surface area contributed by atoms with E-state index in [-0.39, 0.29) is 11.8 Å². The number of carbonyl (C=O) groups excluding carboxylic acids is 1. The molecule has 0 radical (unpaired) electrons. The van der Waals surface area contributed by atoms with Crippen LogP contribution in [0.15, 0.2) is 0 Å². The van der Waals surface area contributed by atoms with Crippen LogP contribution in [0.5, 0.6) is 0 Å². The number of anilines is 1. The predicted molar refractivity (Wildman–Crippen MR) is 99.2 cm³/mol. The molecule has 0 saturated heterocycles. The number of nitrogens with zero attached hydrogens (tertiary/aromatic N) is 1. The van der Waals surface area contributed by atoms with E-state index in [0.29, 0.717) is 11.3 Å². The highest BCUT2D eigenvalue weighted by Crippen LogP contribution is 2.44. The summed E-state index contributed by atoms with van der Waals surface area (Å²) < 4.78 is 0. The molecule has 1 N–H and O–H groups in total. The Hall–Kier alpha value is -1.34. The van der Waals surface area contributed by atoms with Crippen LogP contribution in [-0.2, 0) is 17.6 Å². The van der Waals surface area contributed by atoms with E-state index in [0.717, 1.165) is 55.5 Å². The topological polar surface area (TPSA) is 52.9 Å². The van der Waals surface area contributed by atoms with Crippen LogP contribution in [0.3, 0.4) is 0 Å². The summed E-state index contributed by atoms with van der Waals surface area (Å²) in [4.78, 5) is 13.9. The Morgan fingerprint density at radius 2 is 1.92 bits per heavy atom. The van der Waals surface area contributed by atoms with Gasteiger partial charge in [-0.25, -0.2) is 0 Å². The molecule has 1 heterocycles. The maximum atomic E-state index is 12.6. The molecule has 24 heavy (non-hydrogen) atoms. The zero-order chi connectivity index (χ0) is 17.3. The van der Waals surface area contributed by atoms with Crippen molar-refractivity contribution in [3.05, 3.63) is 16.0 Å². The maximum Gasteiger partial charge on any atom is 0.228 e. The first-order valence-corrected chi connectivity index (χ1v) is 10.1. The summed E-state index contributed by atoms with van der Waals surface area (Å²) in [5.41, 5.74) is 2.22. The highest BCUT2D eigenvalue weighted by Gasteiger charge is 2.33. The molecule has 4 heteroatoms. The second kappa shape index (κ2) is 6.88. The van der Waals surface area contributed by atoms with Crippen molar-refractivity contribution in [2.45, 2.75) is 72.1 Å². The van der Waals surface area contributed by atoms with Gasteiger partial charge in [0.15, 0.2) is 0 Å². The van der Waals surface area contributed by atoms with E-state index >= 15 is 0 Å². The number of fused-ring (bicyclic) bond motifs is 1. The first kappa shape index (κ1) is 17.5. The van der Waals surface area contributed by atoms with E-state index in [2.05, 4.69) is 32.2 Å². The van der Waals surface area contributed by atoms with E-state index in [4.69, 9.17) is 0 Å². The van der Waals surface area contributed by atoms with Crippen molar-refractivity contribution < 1.29 is 4.79 Å². The molecule has 1 fully saturated rings. The summed E-state index contributed by atoms with van der Waals surface area (Å²) in [6, 6.07) is 2.36. The minimum atomic E-state index is 0.122. The van der Waals surface area contributed by atoms with Crippen LogP contribution in [0.25, 0.3) is 0 Å². The summed E-state index contributed by atoms with van der Waals surface area (Å²) in [6.45, 7) is 6.90. The minimum Gasteiger partial charge on any atom is -0.316 e. The lowest BCUT2D eigenvalue weighted by Gasteiger charge is -2.33. The van der Waals surface area contributed by atoms with Crippen molar-refractivity contribution in [3.8, 4) is 6.07 Å². The Kier molecular flexibility index (Phi) is 5.01. The van der Waals surface area contributed by atoms with Crippen molar-refractivity contribution in [3.63, 3.8) is 0 Å². The average molecular weight is 345 g/mol. The highest BCUT2D eigenvalue weighted by atomic mass is 32.1. The molecule has 0 unspecified atom stereocenters. The van der Waals surface area contributed by atoms with Gasteiger partial charge in [-0.15, -0.1) is 11.3 Å². The van der Waals surface area contributed by atoms with Crippen LogP contribution in [0.4, 0.5) is 5.00 Å². The number of carbonyl (C=O) groups is 1. The number of hydrogen-bond acceptors (Lipinski definition) is 3. The van der Waals surface area contributed by atoms with Crippen LogP contribution < -0.4 is 5.32 Å². The quantitative estimate of drug-likeness (QED) is 0.792. The van der Waals surface area contributed by atoms with Crippen molar-refractivity contribution >= 4 is 22.2 Å². The second-order valence-electron chi connectivity index (χ2n) is 8.45. The highest BCUT2D eigenvalue weighted by molar-refractivity contribution is 7.16. The Balaban J connectivity index is 1.79. The van der Waals surface area contributed by atoms with Gasteiger partial charge in [0.25, 0.3) is 0 Å². The van der Waals surface area contributed by atoms with Gasteiger partial charge in [-0.05, 0) is 49.0 Å². The monoisotopic (exact) mass is 344 g/mol. The summed E-state index contributed by atoms with van der Waals surface area (Å²) in [6.07, 6.45) is 8.67. The fourth-order valence-corrected chi connectivity index (χ4v) is 5.39. The van der Waals surface area contributed by atoms with Crippen molar-refractivity contribution in [1.82, 2.24) is 0 Å². The summed E-state index contributed by atoms with van der Waals surface area (Å²) >= 11 is 1.64. The molecule has 2 aliphatic carbocycles. The molecule has 130 valence electrons. The lowest BCUT2D eigenvalue weighted by molar-refractivity contribution is -0.120. The van der Waals surface area contributed by atoms with Gasteiger partial charge in [-0.3, -0.25) is 4.79 Å². The van der Waals surface area contributed by atoms with Crippen LogP contribution >= 0.6 is 11.3 Å². The Labute approximate surface area is 149 Å². The van der Waals surface area contributed by atoms with Crippen molar-refractivity contribution in [2.75, 3.05) is 5.32 Å². The molecule has 0 aliphatic heterocycles. The zero-order valence-electron chi connectivity index (χ0n) is 15.1. The SMILES string of the molecule is CC(C)(C)[C@H]1CCc2c(sc(NC(=O)C3CCCCC3)c2C#N)C1. The number of rotatable bonds is 2. The zero-order valence-corrected chi connectivity index (χ0v) is 15.9. The van der Waals surface area contributed by atoms with Crippen LogP contribution in [0.1, 0.15) is 75.3 Å². The third-order valence-corrected chi connectivity index (χ3v) is 6.98. The molecule has 3 nitrogen and oxygen atoms in total. The molecule has 2 aliphatic rings. The van der Waals surface area contributed by atoms with E-state index in [1.54, 1.807) is 11.3 Å². The Bertz CT molecular complexity index is 656. The largest absolute Gasteiger partial charge is 0.316 e. The Morgan fingerprint density at radius 1 is 1.21 bits per heavy atom. The van der Waals surface area contributed by atoms with E-state index < -0.39 is 0 Å². The second-order valence-corrected chi connectivity index (χ2v) is 9.55. The number of amides is 1. The molecule has 1 saturated carbocycles. The molecule has 1 aromatic heterocycles. The van der Waals surface area contributed by atoms with E-state index in [1.807, 2.05) is 0 Å². The van der Waals surface area contributed by atoms with Crippen molar-refractivity contribution in [1.29, 1.82) is 5.26 Å². The molecule has 0 bridgehead atoms. The van der Waals surface area contributed by atoms with Gasteiger partial charge in [0.1, 0.15) is 11.1 Å². The number of nitrogens with one attached hydrogen (secondary N) is 1. The van der Waals surface area contributed by atoms with Crippen molar-refractivity contribution in [2.24, 2.45) is 17.3 Å².